The van der Waals surface area contributed by atoms with Crippen LogP contribution in [-0.2, 0) is 0 Å². The van der Waals surface area contributed by atoms with E-state index < -0.39 is 6.10 Å². The molecule has 0 aliphatic carbocycles. The number of rotatable bonds is 2. The highest BCUT2D eigenvalue weighted by Gasteiger charge is 2.13. The van der Waals surface area contributed by atoms with Crippen molar-refractivity contribution < 1.29 is 5.11 Å². The molecule has 90 valence electrons. The highest BCUT2D eigenvalue weighted by molar-refractivity contribution is 6.30. The van der Waals surface area contributed by atoms with Gasteiger partial charge in [0.15, 0.2) is 0 Å². The number of aromatic nitrogens is 2. The molecule has 0 bridgehead atoms. The molecule has 0 saturated heterocycles. The SMILES string of the molecule is OC(c1ccc(Cl)cc1)c1cn2ccccc2n1. The Hall–Kier alpha value is -1.84. The van der Waals surface area contributed by atoms with Crippen molar-refractivity contribution >= 4 is 17.2 Å². The Morgan fingerprint density at radius 1 is 1.11 bits per heavy atom. The summed E-state index contributed by atoms with van der Waals surface area (Å²) >= 11 is 5.83. The highest BCUT2D eigenvalue weighted by Crippen LogP contribution is 2.22. The molecule has 1 atom stereocenters. The van der Waals surface area contributed by atoms with Gasteiger partial charge in [-0.15, -0.1) is 0 Å². The number of fused-ring (bicyclic) bond motifs is 1. The standard InChI is InChI=1S/C14H11ClN2O/c15-11-6-4-10(5-7-11)14(18)12-9-17-8-2-1-3-13(17)16-12/h1-9,14,18H. The minimum atomic E-state index is -0.734. The first-order valence-corrected chi connectivity index (χ1v) is 5.99. The van der Waals surface area contributed by atoms with Gasteiger partial charge in [-0.2, -0.15) is 0 Å². The molecular formula is C14H11ClN2O. The Labute approximate surface area is 109 Å². The predicted molar refractivity (Wildman–Crippen MR) is 70.7 cm³/mol. The summed E-state index contributed by atoms with van der Waals surface area (Å²) in [7, 11) is 0. The second-order valence-electron chi connectivity index (χ2n) is 4.09. The molecule has 1 aromatic carbocycles. The molecule has 18 heavy (non-hydrogen) atoms. The van der Waals surface area contributed by atoms with Crippen LogP contribution in [0.1, 0.15) is 17.4 Å². The third-order valence-electron chi connectivity index (χ3n) is 2.85. The lowest BCUT2D eigenvalue weighted by Crippen LogP contribution is -1.99. The number of halogens is 1. The zero-order chi connectivity index (χ0) is 12.5. The normalized spacial score (nSPS) is 12.8. The van der Waals surface area contributed by atoms with Crippen molar-refractivity contribution in [1.29, 1.82) is 0 Å². The Bertz CT molecular complexity index is 643. The zero-order valence-corrected chi connectivity index (χ0v) is 10.2. The van der Waals surface area contributed by atoms with Crippen molar-refractivity contribution in [3.05, 3.63) is 71.1 Å². The largest absolute Gasteiger partial charge is 0.382 e. The first-order valence-electron chi connectivity index (χ1n) is 5.61. The van der Waals surface area contributed by atoms with E-state index in [1.165, 1.54) is 0 Å². The van der Waals surface area contributed by atoms with Crippen LogP contribution in [0.2, 0.25) is 5.02 Å². The first kappa shape index (κ1) is 11.3. The third kappa shape index (κ3) is 1.98. The molecule has 0 amide bonds. The van der Waals surface area contributed by atoms with Crippen LogP contribution in [0.25, 0.3) is 5.65 Å². The molecule has 3 nitrogen and oxygen atoms in total. The summed E-state index contributed by atoms with van der Waals surface area (Å²) in [6.07, 6.45) is 3.00. The van der Waals surface area contributed by atoms with Gasteiger partial charge >= 0.3 is 0 Å². The Morgan fingerprint density at radius 3 is 2.61 bits per heavy atom. The number of imidazole rings is 1. The van der Waals surface area contributed by atoms with Crippen molar-refractivity contribution in [2.75, 3.05) is 0 Å². The van der Waals surface area contributed by atoms with E-state index in [0.717, 1.165) is 11.2 Å². The fourth-order valence-electron chi connectivity index (χ4n) is 1.90. The second kappa shape index (κ2) is 4.44. The van der Waals surface area contributed by atoms with Crippen LogP contribution in [-0.4, -0.2) is 14.5 Å². The maximum atomic E-state index is 10.3. The number of aliphatic hydroxyl groups is 1. The van der Waals surface area contributed by atoms with E-state index in [9.17, 15) is 5.11 Å². The number of hydrogen-bond donors (Lipinski definition) is 1. The number of nitrogens with zero attached hydrogens (tertiary/aromatic N) is 2. The summed E-state index contributed by atoms with van der Waals surface area (Å²) in [5.41, 5.74) is 2.23. The van der Waals surface area contributed by atoms with E-state index in [1.54, 1.807) is 24.3 Å². The van der Waals surface area contributed by atoms with Crippen molar-refractivity contribution in [1.82, 2.24) is 9.38 Å². The summed E-state index contributed by atoms with van der Waals surface area (Å²) in [6.45, 7) is 0. The molecule has 1 unspecified atom stereocenters. The van der Waals surface area contributed by atoms with Gasteiger partial charge in [-0.3, -0.25) is 0 Å². The van der Waals surface area contributed by atoms with Crippen LogP contribution in [0.5, 0.6) is 0 Å². The third-order valence-corrected chi connectivity index (χ3v) is 3.10. The topological polar surface area (TPSA) is 37.5 Å². The lowest BCUT2D eigenvalue weighted by Gasteiger charge is -2.07. The van der Waals surface area contributed by atoms with Crippen LogP contribution in [0.15, 0.2) is 54.9 Å². The van der Waals surface area contributed by atoms with Gasteiger partial charge in [0.1, 0.15) is 11.8 Å². The maximum absolute atomic E-state index is 10.3. The fourth-order valence-corrected chi connectivity index (χ4v) is 2.03. The van der Waals surface area contributed by atoms with E-state index >= 15 is 0 Å². The second-order valence-corrected chi connectivity index (χ2v) is 4.52. The van der Waals surface area contributed by atoms with Gasteiger partial charge in [-0.25, -0.2) is 4.98 Å². The van der Waals surface area contributed by atoms with Gasteiger partial charge in [-0.05, 0) is 29.8 Å². The van der Waals surface area contributed by atoms with E-state index in [0.29, 0.717) is 10.7 Å². The monoisotopic (exact) mass is 258 g/mol. The van der Waals surface area contributed by atoms with Crippen LogP contribution in [0, 0.1) is 0 Å². The van der Waals surface area contributed by atoms with Gasteiger partial charge in [0.05, 0.1) is 5.69 Å². The molecule has 4 heteroatoms. The average Bonchev–Trinajstić information content (AvgIpc) is 2.82. The van der Waals surface area contributed by atoms with Gasteiger partial charge in [-0.1, -0.05) is 29.8 Å². The fraction of sp³-hybridized carbons (Fsp3) is 0.0714. The van der Waals surface area contributed by atoms with Crippen molar-refractivity contribution in [2.24, 2.45) is 0 Å². The van der Waals surface area contributed by atoms with Crippen molar-refractivity contribution in [3.63, 3.8) is 0 Å². The highest BCUT2D eigenvalue weighted by atomic mass is 35.5. The zero-order valence-electron chi connectivity index (χ0n) is 9.49. The molecule has 1 N–H and O–H groups in total. The van der Waals surface area contributed by atoms with Crippen molar-refractivity contribution in [3.8, 4) is 0 Å². The van der Waals surface area contributed by atoms with Gasteiger partial charge in [0.2, 0.25) is 0 Å². The molecule has 0 spiro atoms. The summed E-state index contributed by atoms with van der Waals surface area (Å²) in [5.74, 6) is 0. The van der Waals surface area contributed by atoms with Crippen molar-refractivity contribution in [2.45, 2.75) is 6.10 Å². The Morgan fingerprint density at radius 2 is 1.89 bits per heavy atom. The lowest BCUT2D eigenvalue weighted by molar-refractivity contribution is 0.216. The van der Waals surface area contributed by atoms with E-state index in [4.69, 9.17) is 11.6 Å². The predicted octanol–water partition coefficient (Wildman–Crippen LogP) is 3.07. The molecule has 0 saturated carbocycles. The van der Waals surface area contributed by atoms with Crippen LogP contribution >= 0.6 is 11.6 Å². The quantitative estimate of drug-likeness (QED) is 0.767. The summed E-state index contributed by atoms with van der Waals surface area (Å²) in [6, 6.07) is 12.9. The number of hydrogen-bond acceptors (Lipinski definition) is 2. The molecule has 0 aliphatic heterocycles. The molecule has 3 rings (SSSR count). The minimum Gasteiger partial charge on any atom is -0.382 e. The molecule has 0 fully saturated rings. The van der Waals surface area contributed by atoms with E-state index in [2.05, 4.69) is 4.98 Å². The van der Waals surface area contributed by atoms with Gasteiger partial charge < -0.3 is 9.51 Å². The number of benzene rings is 1. The van der Waals surface area contributed by atoms with Gasteiger partial charge in [0.25, 0.3) is 0 Å². The molecule has 3 aromatic rings. The average molecular weight is 259 g/mol. The molecule has 0 aliphatic rings. The first-order chi connectivity index (χ1) is 8.74. The van der Waals surface area contributed by atoms with Gasteiger partial charge in [0, 0.05) is 17.4 Å². The lowest BCUT2D eigenvalue weighted by atomic mass is 10.1. The number of aliphatic hydroxyl groups excluding tert-OH is 1. The van der Waals surface area contributed by atoms with Crippen LogP contribution < -0.4 is 0 Å². The van der Waals surface area contributed by atoms with E-state index in [-0.39, 0.29) is 0 Å². The van der Waals surface area contributed by atoms with Crippen LogP contribution in [0.3, 0.4) is 0 Å². The minimum absolute atomic E-state index is 0.628. The summed E-state index contributed by atoms with van der Waals surface area (Å²) in [4.78, 5) is 4.39. The summed E-state index contributed by atoms with van der Waals surface area (Å²) in [5, 5.41) is 10.9. The molecule has 2 aromatic heterocycles. The summed E-state index contributed by atoms with van der Waals surface area (Å²) < 4.78 is 1.88. The van der Waals surface area contributed by atoms with E-state index in [1.807, 2.05) is 35.0 Å². The molecular weight excluding hydrogens is 248 g/mol. The molecule has 0 radical (unpaired) electrons. The molecule has 2 heterocycles. The smallest absolute Gasteiger partial charge is 0.137 e. The number of pyridine rings is 1. The maximum Gasteiger partial charge on any atom is 0.137 e. The Balaban J connectivity index is 2.00. The van der Waals surface area contributed by atoms with Crippen LogP contribution in [0.4, 0.5) is 0 Å². The Kier molecular flexibility index (Phi) is 2.78.